The number of fused-ring (bicyclic) bond motifs is 1. The van der Waals surface area contributed by atoms with Gasteiger partial charge in [-0.15, -0.1) is 11.3 Å². The molecule has 0 unspecified atom stereocenters. The molecular formula is C19H21NO4S. The van der Waals surface area contributed by atoms with Gasteiger partial charge in [-0.3, -0.25) is 9.59 Å². The molecule has 0 saturated carbocycles. The Kier molecular flexibility index (Phi) is 5.38. The van der Waals surface area contributed by atoms with E-state index in [0.717, 1.165) is 21.1 Å². The molecule has 0 saturated heterocycles. The van der Waals surface area contributed by atoms with Crippen molar-refractivity contribution in [1.29, 1.82) is 0 Å². The van der Waals surface area contributed by atoms with Crippen LogP contribution in [0.25, 0.3) is 0 Å². The van der Waals surface area contributed by atoms with Gasteiger partial charge in [-0.05, 0) is 32.0 Å². The molecular weight excluding hydrogens is 338 g/mol. The van der Waals surface area contributed by atoms with Crippen molar-refractivity contribution in [2.24, 2.45) is 0 Å². The number of nitrogens with one attached hydrogen (secondary N) is 1. The Morgan fingerprint density at radius 3 is 2.68 bits per heavy atom. The van der Waals surface area contributed by atoms with Crippen molar-refractivity contribution in [3.05, 3.63) is 45.6 Å². The zero-order chi connectivity index (χ0) is 17.8. The minimum absolute atomic E-state index is 0.0168. The van der Waals surface area contributed by atoms with E-state index in [4.69, 9.17) is 9.47 Å². The number of Topliss-reactive ketones (excluding diaryl/α,β-unsaturated/α-hetero) is 1. The number of ketones is 1. The molecule has 2 aromatic rings. The maximum Gasteiger partial charge on any atom is 0.220 e. The molecule has 1 aromatic carbocycles. The molecule has 0 aliphatic carbocycles. The van der Waals surface area contributed by atoms with E-state index in [1.54, 1.807) is 11.3 Å². The predicted octanol–water partition coefficient (Wildman–Crippen LogP) is 3.28. The lowest BCUT2D eigenvalue weighted by Crippen LogP contribution is -2.40. The summed E-state index contributed by atoms with van der Waals surface area (Å²) in [6.45, 7) is 4.66. The molecule has 5 nitrogen and oxygen atoms in total. The molecule has 1 aromatic heterocycles. The summed E-state index contributed by atoms with van der Waals surface area (Å²) < 4.78 is 11.4. The van der Waals surface area contributed by atoms with Gasteiger partial charge in [0.15, 0.2) is 17.3 Å². The number of aryl methyl sites for hydroxylation is 2. The number of amides is 1. The first-order valence-corrected chi connectivity index (χ1v) is 9.10. The van der Waals surface area contributed by atoms with E-state index < -0.39 is 0 Å². The van der Waals surface area contributed by atoms with Crippen LogP contribution < -0.4 is 14.8 Å². The molecule has 1 N–H and O–H groups in total. The maximum absolute atomic E-state index is 12.2. The van der Waals surface area contributed by atoms with E-state index in [1.807, 2.05) is 44.2 Å². The van der Waals surface area contributed by atoms with Gasteiger partial charge in [0, 0.05) is 28.2 Å². The van der Waals surface area contributed by atoms with Gasteiger partial charge in [0.1, 0.15) is 12.7 Å². The summed E-state index contributed by atoms with van der Waals surface area (Å²) in [5.74, 6) is 1.27. The standard InChI is InChI=1S/C19H21NO4S/c1-12-9-15(13(2)25-12)16(21)7-8-19(22)20-10-14-11-23-17-5-3-4-6-18(17)24-14/h3-6,9,14H,7-8,10-11H2,1-2H3,(H,20,22)/t14-/m0/s1. The fourth-order valence-electron chi connectivity index (χ4n) is 2.75. The quantitative estimate of drug-likeness (QED) is 0.804. The molecule has 1 amide bonds. The lowest BCUT2D eigenvalue weighted by atomic mass is 10.1. The third kappa shape index (κ3) is 4.39. The van der Waals surface area contributed by atoms with Gasteiger partial charge >= 0.3 is 0 Å². The smallest absolute Gasteiger partial charge is 0.220 e. The summed E-state index contributed by atoms with van der Waals surface area (Å²) in [6, 6.07) is 9.35. The normalized spacial score (nSPS) is 15.7. The zero-order valence-corrected chi connectivity index (χ0v) is 15.2. The molecule has 6 heteroatoms. The SMILES string of the molecule is Cc1cc(C(=O)CCC(=O)NC[C@H]2COc3ccccc3O2)c(C)s1. The number of benzene rings is 1. The second-order valence-corrected chi connectivity index (χ2v) is 7.51. The van der Waals surface area contributed by atoms with Crippen LogP contribution in [-0.2, 0) is 4.79 Å². The van der Waals surface area contributed by atoms with E-state index in [-0.39, 0.29) is 30.6 Å². The Bertz CT molecular complexity index is 783. The van der Waals surface area contributed by atoms with Crippen molar-refractivity contribution in [2.75, 3.05) is 13.2 Å². The fraction of sp³-hybridized carbons (Fsp3) is 0.368. The van der Waals surface area contributed by atoms with Crippen LogP contribution in [-0.4, -0.2) is 30.9 Å². The van der Waals surface area contributed by atoms with Crippen LogP contribution in [0.4, 0.5) is 0 Å². The van der Waals surface area contributed by atoms with Gasteiger partial charge in [-0.1, -0.05) is 12.1 Å². The molecule has 1 aliphatic heterocycles. The van der Waals surface area contributed by atoms with Crippen LogP contribution in [0.3, 0.4) is 0 Å². The van der Waals surface area contributed by atoms with Crippen molar-refractivity contribution in [2.45, 2.75) is 32.8 Å². The van der Waals surface area contributed by atoms with Gasteiger partial charge < -0.3 is 14.8 Å². The molecule has 0 radical (unpaired) electrons. The number of hydrogen-bond acceptors (Lipinski definition) is 5. The predicted molar refractivity (Wildman–Crippen MR) is 96.7 cm³/mol. The number of carbonyl (C=O) groups is 2. The van der Waals surface area contributed by atoms with E-state index in [0.29, 0.717) is 18.9 Å². The number of carbonyl (C=O) groups excluding carboxylic acids is 2. The van der Waals surface area contributed by atoms with Crippen LogP contribution in [0.1, 0.15) is 33.0 Å². The molecule has 132 valence electrons. The summed E-state index contributed by atoms with van der Waals surface area (Å²) in [7, 11) is 0. The number of ether oxygens (including phenoxy) is 2. The van der Waals surface area contributed by atoms with Gasteiger partial charge in [0.2, 0.25) is 5.91 Å². The number of para-hydroxylation sites is 2. The molecule has 0 spiro atoms. The summed E-state index contributed by atoms with van der Waals surface area (Å²) >= 11 is 1.60. The lowest BCUT2D eigenvalue weighted by Gasteiger charge is -2.26. The molecule has 25 heavy (non-hydrogen) atoms. The minimum Gasteiger partial charge on any atom is -0.486 e. The second kappa shape index (κ2) is 7.70. The monoisotopic (exact) mass is 359 g/mol. The highest BCUT2D eigenvalue weighted by Crippen LogP contribution is 2.30. The first-order chi connectivity index (χ1) is 12.0. The van der Waals surface area contributed by atoms with Gasteiger partial charge in [0.05, 0.1) is 6.54 Å². The summed E-state index contributed by atoms with van der Waals surface area (Å²) in [5.41, 5.74) is 0.732. The number of hydrogen-bond donors (Lipinski definition) is 1. The third-order valence-corrected chi connectivity index (χ3v) is 4.98. The van der Waals surface area contributed by atoms with Crippen molar-refractivity contribution in [1.82, 2.24) is 5.32 Å². The van der Waals surface area contributed by atoms with E-state index in [1.165, 1.54) is 0 Å². The number of thiophene rings is 1. The maximum atomic E-state index is 12.2. The molecule has 1 atom stereocenters. The first-order valence-electron chi connectivity index (χ1n) is 8.28. The third-order valence-electron chi connectivity index (χ3n) is 4.01. The Labute approximate surface area is 151 Å². The Balaban J connectivity index is 1.43. The van der Waals surface area contributed by atoms with Crippen LogP contribution in [0.15, 0.2) is 30.3 Å². The molecule has 2 heterocycles. The second-order valence-electron chi connectivity index (χ2n) is 6.05. The van der Waals surface area contributed by atoms with Gasteiger partial charge in [0.25, 0.3) is 0 Å². The van der Waals surface area contributed by atoms with Gasteiger partial charge in [-0.2, -0.15) is 0 Å². The highest BCUT2D eigenvalue weighted by molar-refractivity contribution is 7.12. The average molecular weight is 359 g/mol. The molecule has 3 rings (SSSR count). The van der Waals surface area contributed by atoms with Crippen molar-refractivity contribution >= 4 is 23.0 Å². The summed E-state index contributed by atoms with van der Waals surface area (Å²) in [6.07, 6.45) is 0.168. The largest absolute Gasteiger partial charge is 0.486 e. The van der Waals surface area contributed by atoms with Gasteiger partial charge in [-0.25, -0.2) is 0 Å². The molecule has 1 aliphatic rings. The highest BCUT2D eigenvalue weighted by Gasteiger charge is 2.21. The Hall–Kier alpha value is -2.34. The molecule has 0 bridgehead atoms. The van der Waals surface area contributed by atoms with Crippen LogP contribution in [0.2, 0.25) is 0 Å². The Morgan fingerprint density at radius 2 is 1.96 bits per heavy atom. The highest BCUT2D eigenvalue weighted by atomic mass is 32.1. The van der Waals surface area contributed by atoms with E-state index in [2.05, 4.69) is 5.32 Å². The molecule has 0 fully saturated rings. The topological polar surface area (TPSA) is 64.6 Å². The van der Waals surface area contributed by atoms with Crippen molar-refractivity contribution < 1.29 is 19.1 Å². The Morgan fingerprint density at radius 1 is 1.20 bits per heavy atom. The van der Waals surface area contributed by atoms with E-state index in [9.17, 15) is 9.59 Å². The number of rotatable bonds is 6. The summed E-state index contributed by atoms with van der Waals surface area (Å²) in [5, 5.41) is 2.82. The lowest BCUT2D eigenvalue weighted by molar-refractivity contribution is -0.121. The fourth-order valence-corrected chi connectivity index (χ4v) is 3.69. The van der Waals surface area contributed by atoms with Crippen molar-refractivity contribution in [3.63, 3.8) is 0 Å². The van der Waals surface area contributed by atoms with Crippen LogP contribution in [0, 0.1) is 13.8 Å². The van der Waals surface area contributed by atoms with Crippen LogP contribution >= 0.6 is 11.3 Å². The first kappa shape index (κ1) is 17.5. The van der Waals surface area contributed by atoms with Crippen LogP contribution in [0.5, 0.6) is 11.5 Å². The zero-order valence-electron chi connectivity index (χ0n) is 14.3. The van der Waals surface area contributed by atoms with E-state index >= 15 is 0 Å². The van der Waals surface area contributed by atoms with Crippen molar-refractivity contribution in [3.8, 4) is 11.5 Å². The minimum atomic E-state index is -0.226. The summed E-state index contributed by atoms with van der Waals surface area (Å²) in [4.78, 5) is 26.3. The average Bonchev–Trinajstić information content (AvgIpc) is 2.96.